The van der Waals surface area contributed by atoms with Crippen LogP contribution in [0, 0.1) is 5.82 Å². The van der Waals surface area contributed by atoms with Crippen molar-refractivity contribution >= 4 is 11.6 Å². The van der Waals surface area contributed by atoms with Gasteiger partial charge in [-0.3, -0.25) is 0 Å². The van der Waals surface area contributed by atoms with E-state index in [2.05, 4.69) is 10.0 Å². The molecule has 0 N–H and O–H groups in total. The quantitative estimate of drug-likeness (QED) is 0.329. The van der Waals surface area contributed by atoms with Crippen LogP contribution < -0.4 is 4.74 Å². The number of ether oxygens (including phenoxy) is 1. The highest BCUT2D eigenvalue weighted by Crippen LogP contribution is 2.26. The van der Waals surface area contributed by atoms with E-state index in [1.54, 1.807) is 0 Å². The molecule has 0 saturated heterocycles. The molecule has 0 aromatic heterocycles. The first-order valence-corrected chi connectivity index (χ1v) is 4.21. The molecule has 0 saturated carbocycles. The van der Waals surface area contributed by atoms with Gasteiger partial charge in [0.25, 0.3) is 0 Å². The van der Waals surface area contributed by atoms with Crippen molar-refractivity contribution in [2.45, 2.75) is 0 Å². The minimum absolute atomic E-state index is 0.0118. The summed E-state index contributed by atoms with van der Waals surface area (Å²) in [5.41, 5.74) is 7.98. The third kappa shape index (κ3) is 2.80. The molecule has 0 aliphatic carbocycles. The van der Waals surface area contributed by atoms with E-state index in [-0.39, 0.29) is 23.9 Å². The maximum Gasteiger partial charge on any atom is 0.173 e. The molecule has 0 atom stereocenters. The lowest BCUT2D eigenvalue weighted by molar-refractivity contribution is 0.311. The summed E-state index contributed by atoms with van der Waals surface area (Å²) in [6.07, 6.45) is 0. The fourth-order valence-corrected chi connectivity index (χ4v) is 1.07. The molecular formula is C8H7ClFN3O. The second-order valence-electron chi connectivity index (χ2n) is 2.35. The van der Waals surface area contributed by atoms with Crippen molar-refractivity contribution in [1.29, 1.82) is 0 Å². The van der Waals surface area contributed by atoms with Gasteiger partial charge in [0.05, 0.1) is 18.2 Å². The standard InChI is InChI=1S/C8H7ClFN3O/c9-6-2-1-3-7(10)8(6)14-5-4-12-13-11/h1-3H,4-5H2. The lowest BCUT2D eigenvalue weighted by Crippen LogP contribution is -2.02. The number of hydrogen-bond donors (Lipinski definition) is 0. The summed E-state index contributed by atoms with van der Waals surface area (Å²) in [5.74, 6) is -0.541. The molecule has 0 radical (unpaired) electrons. The van der Waals surface area contributed by atoms with Crippen molar-refractivity contribution in [3.8, 4) is 5.75 Å². The number of benzene rings is 1. The molecule has 0 amide bonds. The Kier molecular flexibility index (Phi) is 4.04. The Morgan fingerprint density at radius 3 is 3.00 bits per heavy atom. The molecule has 14 heavy (non-hydrogen) atoms. The van der Waals surface area contributed by atoms with Crippen LogP contribution in [-0.2, 0) is 0 Å². The first-order chi connectivity index (χ1) is 6.75. The largest absolute Gasteiger partial charge is 0.489 e. The van der Waals surface area contributed by atoms with Gasteiger partial charge < -0.3 is 4.74 Å². The molecule has 6 heteroatoms. The Labute approximate surface area is 84.9 Å². The second kappa shape index (κ2) is 5.32. The number of nitrogens with zero attached hydrogens (tertiary/aromatic N) is 3. The van der Waals surface area contributed by atoms with Crippen molar-refractivity contribution in [1.82, 2.24) is 0 Å². The zero-order valence-electron chi connectivity index (χ0n) is 7.15. The molecule has 0 unspecified atom stereocenters. The molecule has 0 aliphatic rings. The Bertz CT molecular complexity index is 345. The molecular weight excluding hydrogens is 209 g/mol. The van der Waals surface area contributed by atoms with Gasteiger partial charge in [0, 0.05) is 4.91 Å². The van der Waals surface area contributed by atoms with Gasteiger partial charge in [-0.25, -0.2) is 4.39 Å². The fourth-order valence-electron chi connectivity index (χ4n) is 0.854. The van der Waals surface area contributed by atoms with Crippen molar-refractivity contribution in [3.63, 3.8) is 0 Å². The molecule has 0 aliphatic heterocycles. The highest BCUT2D eigenvalue weighted by atomic mass is 35.5. The first-order valence-electron chi connectivity index (χ1n) is 3.83. The summed E-state index contributed by atoms with van der Waals surface area (Å²) in [5, 5.41) is 3.44. The Morgan fingerprint density at radius 2 is 2.36 bits per heavy atom. The third-order valence-corrected chi connectivity index (χ3v) is 1.72. The van der Waals surface area contributed by atoms with Crippen molar-refractivity contribution in [3.05, 3.63) is 39.5 Å². The zero-order valence-corrected chi connectivity index (χ0v) is 7.91. The van der Waals surface area contributed by atoms with Crippen LogP contribution in [0.5, 0.6) is 5.75 Å². The lowest BCUT2D eigenvalue weighted by atomic mass is 10.3. The summed E-state index contributed by atoms with van der Waals surface area (Å²) in [6.45, 7) is 0.242. The number of azide groups is 1. The Hall–Kier alpha value is -1.45. The van der Waals surface area contributed by atoms with Crippen molar-refractivity contribution < 1.29 is 9.13 Å². The molecule has 1 aromatic rings. The molecule has 1 aromatic carbocycles. The molecule has 0 fully saturated rings. The normalized spacial score (nSPS) is 9.29. The third-order valence-electron chi connectivity index (χ3n) is 1.42. The zero-order chi connectivity index (χ0) is 10.4. The van der Waals surface area contributed by atoms with Crippen LogP contribution in [0.4, 0.5) is 4.39 Å². The topological polar surface area (TPSA) is 58.0 Å². The van der Waals surface area contributed by atoms with Crippen LogP contribution in [-0.4, -0.2) is 13.2 Å². The van der Waals surface area contributed by atoms with E-state index in [0.29, 0.717) is 0 Å². The maximum atomic E-state index is 13.0. The SMILES string of the molecule is [N-]=[N+]=NCCOc1c(F)cccc1Cl. The van der Waals surface area contributed by atoms with Gasteiger partial charge in [-0.15, -0.1) is 0 Å². The molecule has 74 valence electrons. The number of halogens is 2. The first kappa shape index (κ1) is 10.6. The summed E-state index contributed by atoms with van der Waals surface area (Å²) in [7, 11) is 0. The van der Waals surface area contributed by atoms with E-state index < -0.39 is 5.82 Å². The second-order valence-corrected chi connectivity index (χ2v) is 2.76. The van der Waals surface area contributed by atoms with Crippen LogP contribution in [0.1, 0.15) is 0 Å². The number of hydrogen-bond acceptors (Lipinski definition) is 2. The molecule has 0 spiro atoms. The van der Waals surface area contributed by atoms with Crippen LogP contribution in [0.25, 0.3) is 10.4 Å². The summed E-state index contributed by atoms with van der Waals surface area (Å²) < 4.78 is 18.0. The summed E-state index contributed by atoms with van der Waals surface area (Å²) in [4.78, 5) is 2.53. The monoisotopic (exact) mass is 215 g/mol. The number of rotatable bonds is 4. The van der Waals surface area contributed by atoms with Gasteiger partial charge in [-0.2, -0.15) is 0 Å². The minimum atomic E-state index is -0.529. The summed E-state index contributed by atoms with van der Waals surface area (Å²) in [6, 6.07) is 4.25. The van der Waals surface area contributed by atoms with E-state index >= 15 is 0 Å². The smallest absolute Gasteiger partial charge is 0.173 e. The maximum absolute atomic E-state index is 13.0. The van der Waals surface area contributed by atoms with E-state index in [1.807, 2.05) is 0 Å². The van der Waals surface area contributed by atoms with Crippen LogP contribution >= 0.6 is 11.6 Å². The molecule has 0 bridgehead atoms. The highest BCUT2D eigenvalue weighted by molar-refractivity contribution is 6.32. The van der Waals surface area contributed by atoms with Gasteiger partial charge in [0.15, 0.2) is 11.6 Å². The van der Waals surface area contributed by atoms with Crippen LogP contribution in [0.2, 0.25) is 5.02 Å². The van der Waals surface area contributed by atoms with Gasteiger partial charge in [-0.1, -0.05) is 22.8 Å². The van der Waals surface area contributed by atoms with Crippen LogP contribution in [0.15, 0.2) is 23.3 Å². The van der Waals surface area contributed by atoms with Gasteiger partial charge in [-0.05, 0) is 17.7 Å². The van der Waals surface area contributed by atoms with Crippen molar-refractivity contribution in [2.24, 2.45) is 5.11 Å². The van der Waals surface area contributed by atoms with E-state index in [1.165, 1.54) is 18.2 Å². The van der Waals surface area contributed by atoms with Crippen LogP contribution in [0.3, 0.4) is 0 Å². The van der Waals surface area contributed by atoms with Crippen molar-refractivity contribution in [2.75, 3.05) is 13.2 Å². The Morgan fingerprint density at radius 1 is 1.57 bits per heavy atom. The molecule has 4 nitrogen and oxygen atoms in total. The predicted octanol–water partition coefficient (Wildman–Crippen LogP) is 3.17. The number of para-hydroxylation sites is 1. The van der Waals surface area contributed by atoms with Gasteiger partial charge >= 0.3 is 0 Å². The van der Waals surface area contributed by atoms with E-state index in [0.717, 1.165) is 0 Å². The Balaban J connectivity index is 2.61. The average Bonchev–Trinajstić information content (AvgIpc) is 2.16. The van der Waals surface area contributed by atoms with Gasteiger partial charge in [0.1, 0.15) is 0 Å². The average molecular weight is 216 g/mol. The summed E-state index contributed by atoms with van der Waals surface area (Å²) >= 11 is 5.67. The highest BCUT2D eigenvalue weighted by Gasteiger charge is 2.06. The molecule has 1 rings (SSSR count). The van der Waals surface area contributed by atoms with Gasteiger partial charge in [0.2, 0.25) is 0 Å². The molecule has 0 heterocycles. The fraction of sp³-hybridized carbons (Fsp3) is 0.250. The lowest BCUT2D eigenvalue weighted by Gasteiger charge is -2.06. The van der Waals surface area contributed by atoms with E-state index in [4.69, 9.17) is 21.9 Å². The van der Waals surface area contributed by atoms with E-state index in [9.17, 15) is 4.39 Å². The predicted molar refractivity (Wildman–Crippen MR) is 50.9 cm³/mol. The minimum Gasteiger partial charge on any atom is -0.489 e.